The molecule has 3 atom stereocenters. The van der Waals surface area contributed by atoms with Crippen LogP contribution in [0.2, 0.25) is 0 Å². The minimum absolute atomic E-state index is 0.00501. The molecule has 0 aliphatic heterocycles. The molecule has 2 amide bonds. The number of alkyl carbamates (subject to hydrolysis) is 1. The maximum atomic E-state index is 12.7. The van der Waals surface area contributed by atoms with Crippen molar-refractivity contribution in [3.8, 4) is 0 Å². The van der Waals surface area contributed by atoms with E-state index in [1.54, 1.807) is 24.3 Å². The first kappa shape index (κ1) is 28.6. The molecule has 1 aromatic carbocycles. The van der Waals surface area contributed by atoms with Gasteiger partial charge in [-0.2, -0.15) is 0 Å². The first-order chi connectivity index (χ1) is 15.5. The van der Waals surface area contributed by atoms with Gasteiger partial charge in [0.15, 0.2) is 0 Å². The van der Waals surface area contributed by atoms with Crippen LogP contribution in [-0.4, -0.2) is 52.9 Å². The van der Waals surface area contributed by atoms with Crippen LogP contribution in [0.3, 0.4) is 0 Å². The molecule has 0 heterocycles. The van der Waals surface area contributed by atoms with E-state index in [4.69, 9.17) is 10.5 Å². The summed E-state index contributed by atoms with van der Waals surface area (Å²) in [4.78, 5) is 46.3. The molecule has 1 aromatic rings. The van der Waals surface area contributed by atoms with E-state index in [1.165, 1.54) is 0 Å². The molecule has 33 heavy (non-hydrogen) atoms. The van der Waals surface area contributed by atoms with Gasteiger partial charge in [-0.1, -0.05) is 44.2 Å². The van der Waals surface area contributed by atoms with E-state index in [-0.39, 0.29) is 25.4 Å². The number of carboxylic acid groups (broad SMARTS) is 1. The second-order valence-corrected chi connectivity index (χ2v) is 10.1. The molecule has 0 fully saturated rings. The van der Waals surface area contributed by atoms with E-state index >= 15 is 0 Å². The molecule has 1 rings (SSSR count). The first-order valence-corrected chi connectivity index (χ1v) is 12.7. The number of hydrogen-bond acceptors (Lipinski definition) is 6. The number of carbonyl (C=O) groups excluding carboxylic acids is 2. The Kier molecular flexibility index (Phi) is 12.7. The highest BCUT2D eigenvalue weighted by Gasteiger charge is 2.31. The monoisotopic (exact) mass is 486 g/mol. The Morgan fingerprint density at radius 1 is 1.12 bits per heavy atom. The summed E-state index contributed by atoms with van der Waals surface area (Å²) < 4.78 is 17.6. The zero-order valence-corrected chi connectivity index (χ0v) is 19.9. The van der Waals surface area contributed by atoms with Crippen molar-refractivity contribution in [2.75, 3.05) is 12.8 Å². The van der Waals surface area contributed by atoms with Crippen molar-refractivity contribution >= 4 is 25.5 Å². The number of hydrogen-bond donors (Lipinski definition) is 6. The average molecular weight is 487 g/mol. The fourth-order valence-electron chi connectivity index (χ4n) is 2.95. The van der Waals surface area contributed by atoms with Crippen molar-refractivity contribution in [1.82, 2.24) is 15.7 Å². The normalized spacial score (nSPS) is 14.7. The number of ether oxygens (including phenoxy) is 1. The first-order valence-electron chi connectivity index (χ1n) is 10.8. The van der Waals surface area contributed by atoms with Crippen LogP contribution in [0.25, 0.3) is 0 Å². The summed E-state index contributed by atoms with van der Waals surface area (Å²) in [6, 6.07) is 6.66. The summed E-state index contributed by atoms with van der Waals surface area (Å²) in [5, 5.41) is 16.4. The van der Waals surface area contributed by atoms with Gasteiger partial charge in [0.05, 0.1) is 6.04 Å². The fourth-order valence-corrected chi connectivity index (χ4v) is 4.09. The van der Waals surface area contributed by atoms with Crippen LogP contribution in [0, 0.1) is 5.92 Å². The number of nitrogens with two attached hydrogens (primary N) is 1. The van der Waals surface area contributed by atoms with Crippen LogP contribution in [0.15, 0.2) is 30.3 Å². The van der Waals surface area contributed by atoms with Crippen molar-refractivity contribution in [3.05, 3.63) is 35.9 Å². The SMILES string of the molecule is CC(C)C[C@H](NP(=O)(O)CNC(=O)OCc1ccccc1)C(=O)N[C@@H](CCCCN)C(=O)O. The molecule has 12 heteroatoms. The molecule has 7 N–H and O–H groups in total. The van der Waals surface area contributed by atoms with Crippen LogP contribution in [0.1, 0.15) is 45.1 Å². The quantitative estimate of drug-likeness (QED) is 0.159. The second-order valence-electron chi connectivity index (χ2n) is 8.09. The highest BCUT2D eigenvalue weighted by molar-refractivity contribution is 7.55. The minimum Gasteiger partial charge on any atom is -0.480 e. The molecule has 0 aromatic heterocycles. The number of carbonyl (C=O) groups is 3. The molecule has 0 radical (unpaired) electrons. The highest BCUT2D eigenvalue weighted by Crippen LogP contribution is 2.35. The zero-order valence-electron chi connectivity index (χ0n) is 19.0. The topological polar surface area (TPSA) is 180 Å². The number of aliphatic carboxylic acids is 1. The average Bonchev–Trinajstić information content (AvgIpc) is 2.75. The van der Waals surface area contributed by atoms with E-state index < -0.39 is 43.9 Å². The number of amides is 2. The molecule has 0 aliphatic carbocycles. The third-order valence-electron chi connectivity index (χ3n) is 4.59. The van der Waals surface area contributed by atoms with E-state index in [2.05, 4.69) is 15.7 Å². The third-order valence-corrected chi connectivity index (χ3v) is 5.90. The van der Waals surface area contributed by atoms with Gasteiger partial charge in [-0.15, -0.1) is 0 Å². The van der Waals surface area contributed by atoms with Crippen molar-refractivity contribution in [1.29, 1.82) is 0 Å². The molecule has 0 spiro atoms. The van der Waals surface area contributed by atoms with Crippen molar-refractivity contribution < 1.29 is 33.7 Å². The number of benzene rings is 1. The Morgan fingerprint density at radius 2 is 1.79 bits per heavy atom. The zero-order chi connectivity index (χ0) is 24.9. The van der Waals surface area contributed by atoms with Crippen molar-refractivity contribution in [2.24, 2.45) is 11.7 Å². The van der Waals surface area contributed by atoms with E-state index in [9.17, 15) is 28.9 Å². The van der Waals surface area contributed by atoms with E-state index in [0.717, 1.165) is 5.56 Å². The molecule has 1 unspecified atom stereocenters. The van der Waals surface area contributed by atoms with Crippen molar-refractivity contribution in [2.45, 2.75) is 58.2 Å². The molecule has 0 saturated carbocycles. The molecule has 0 bridgehead atoms. The van der Waals surface area contributed by atoms with Gasteiger partial charge in [-0.3, -0.25) is 9.36 Å². The molecule has 0 saturated heterocycles. The van der Waals surface area contributed by atoms with Gasteiger partial charge < -0.3 is 31.1 Å². The van der Waals surface area contributed by atoms with E-state index in [0.29, 0.717) is 19.4 Å². The van der Waals surface area contributed by atoms with Gasteiger partial charge in [0, 0.05) is 0 Å². The lowest BCUT2D eigenvalue weighted by molar-refractivity contribution is -0.142. The van der Waals surface area contributed by atoms with Crippen LogP contribution in [0.4, 0.5) is 4.79 Å². The van der Waals surface area contributed by atoms with Gasteiger partial charge in [0.25, 0.3) is 7.52 Å². The summed E-state index contributed by atoms with van der Waals surface area (Å²) in [5.74, 6) is -1.93. The molecular formula is C21H35N4O7P. The Labute approximate surface area is 194 Å². The summed E-state index contributed by atoms with van der Waals surface area (Å²) in [5.41, 5.74) is 6.18. The van der Waals surface area contributed by atoms with Gasteiger partial charge in [-0.05, 0) is 43.7 Å². The summed E-state index contributed by atoms with van der Waals surface area (Å²) >= 11 is 0. The van der Waals surface area contributed by atoms with Gasteiger partial charge in [-0.25, -0.2) is 14.7 Å². The maximum absolute atomic E-state index is 12.7. The van der Waals surface area contributed by atoms with Gasteiger partial charge in [0.2, 0.25) is 5.91 Å². The Hall–Kier alpha value is -2.46. The maximum Gasteiger partial charge on any atom is 0.407 e. The number of nitrogens with one attached hydrogen (secondary N) is 3. The molecule has 0 aliphatic rings. The summed E-state index contributed by atoms with van der Waals surface area (Å²) in [6.07, 6.45) is -0.0381. The number of unbranched alkanes of at least 4 members (excludes halogenated alkanes) is 1. The smallest absolute Gasteiger partial charge is 0.407 e. The molecule has 186 valence electrons. The lowest BCUT2D eigenvalue weighted by atomic mass is 10.0. The highest BCUT2D eigenvalue weighted by atomic mass is 31.2. The molecule has 11 nitrogen and oxygen atoms in total. The third kappa shape index (κ3) is 12.4. The van der Waals surface area contributed by atoms with E-state index in [1.807, 2.05) is 19.9 Å². The summed E-state index contributed by atoms with van der Waals surface area (Å²) in [7, 11) is -4.19. The molecular weight excluding hydrogens is 451 g/mol. The van der Waals surface area contributed by atoms with Crippen LogP contribution < -0.4 is 21.5 Å². The fraction of sp³-hybridized carbons (Fsp3) is 0.571. The number of rotatable bonds is 15. The second kappa shape index (κ2) is 14.6. The Morgan fingerprint density at radius 3 is 2.36 bits per heavy atom. The minimum atomic E-state index is -4.19. The standard InChI is InChI=1S/C21H35N4O7P/c1-15(2)12-18(19(26)24-17(20(27)28)10-6-7-11-22)25-33(30,31)14-23-21(29)32-13-16-8-4-3-5-9-16/h3-5,8-9,15,17-18H,6-7,10-14,22H2,1-2H3,(H,23,29)(H,24,26)(H,27,28)(H2,25,30,31)/t17-,18-/m0/s1. The van der Waals surface area contributed by atoms with Gasteiger partial charge in [0.1, 0.15) is 18.9 Å². The number of carboxylic acids is 1. The predicted molar refractivity (Wildman–Crippen MR) is 123 cm³/mol. The van der Waals surface area contributed by atoms with Crippen LogP contribution in [0.5, 0.6) is 0 Å². The van der Waals surface area contributed by atoms with Crippen LogP contribution in [-0.2, 0) is 25.5 Å². The Bertz CT molecular complexity index is 807. The largest absolute Gasteiger partial charge is 0.480 e. The van der Waals surface area contributed by atoms with Crippen molar-refractivity contribution in [3.63, 3.8) is 0 Å². The predicted octanol–water partition coefficient (Wildman–Crippen LogP) is 1.76. The lowest BCUT2D eigenvalue weighted by Crippen LogP contribution is -2.50. The Balaban J connectivity index is 2.66. The van der Waals surface area contributed by atoms with Gasteiger partial charge >= 0.3 is 12.1 Å². The lowest BCUT2D eigenvalue weighted by Gasteiger charge is -2.25. The summed E-state index contributed by atoms with van der Waals surface area (Å²) in [6.45, 7) is 4.04. The van der Waals surface area contributed by atoms with Crippen LogP contribution >= 0.6 is 7.52 Å².